The van der Waals surface area contributed by atoms with Crippen LogP contribution in [-0.4, -0.2) is 132 Å². The molecule has 18 heteroatoms. The summed E-state index contributed by atoms with van der Waals surface area (Å²) in [6, 6.07) is 22.7. The zero-order valence-electron chi connectivity index (χ0n) is 39.1. The van der Waals surface area contributed by atoms with Crippen LogP contribution in [0.1, 0.15) is 48.6 Å². The van der Waals surface area contributed by atoms with E-state index < -0.39 is 11.7 Å². The zero-order chi connectivity index (χ0) is 48.6. The fraction of sp³-hybridized carbons (Fsp3) is 0.385. The first-order valence-corrected chi connectivity index (χ1v) is 24.4. The number of hydrogen-bond donors (Lipinski definition) is 3. The summed E-state index contributed by atoms with van der Waals surface area (Å²) < 4.78 is 21.7. The van der Waals surface area contributed by atoms with Crippen LogP contribution in [0.3, 0.4) is 0 Å². The highest BCUT2D eigenvalue weighted by molar-refractivity contribution is 6.36. The lowest BCUT2D eigenvalue weighted by Crippen LogP contribution is -2.49. The van der Waals surface area contributed by atoms with Crippen molar-refractivity contribution >= 4 is 45.7 Å². The SMILES string of the molecule is C=C(F)C(=O)N1CCN(c2nc(OC[C@@H]3CCN(C(=O)C4CCN(Cc5ccc(-n6c(O)nnc6-c6cc(CC)c(O)cc6O)cc5)CC4)C3)nc3c2CCN(c2cccc4cccc(Cl)c24)C3)CC1. The molecule has 4 aliphatic rings. The molecule has 2 amide bonds. The molecule has 0 aliphatic carbocycles. The van der Waals surface area contributed by atoms with Crippen molar-refractivity contribution < 1.29 is 34.0 Å². The molecule has 0 saturated carbocycles. The maximum Gasteiger partial charge on any atom is 0.319 e. The van der Waals surface area contributed by atoms with Gasteiger partial charge in [0.15, 0.2) is 11.7 Å². The molecule has 3 fully saturated rings. The Morgan fingerprint density at radius 2 is 1.60 bits per heavy atom. The normalized spacial score (nSPS) is 17.8. The summed E-state index contributed by atoms with van der Waals surface area (Å²) in [4.78, 5) is 46.6. The van der Waals surface area contributed by atoms with Gasteiger partial charge in [0.1, 0.15) is 17.3 Å². The number of amides is 2. The number of rotatable bonds is 12. The second kappa shape index (κ2) is 19.8. The lowest BCUT2D eigenvalue weighted by molar-refractivity contribution is -0.136. The van der Waals surface area contributed by atoms with E-state index in [4.69, 9.17) is 26.3 Å². The van der Waals surface area contributed by atoms with Gasteiger partial charge in [0, 0.05) is 86.9 Å². The van der Waals surface area contributed by atoms with Crippen LogP contribution >= 0.6 is 11.6 Å². The minimum absolute atomic E-state index is 0.0105. The number of fused-ring (bicyclic) bond motifs is 2. The topological polar surface area (TPSA) is 177 Å². The summed E-state index contributed by atoms with van der Waals surface area (Å²) in [5.74, 6) is -0.547. The number of ether oxygens (including phenoxy) is 1. The number of phenols is 2. The van der Waals surface area contributed by atoms with E-state index in [9.17, 15) is 29.3 Å². The third-order valence-electron chi connectivity index (χ3n) is 14.3. The van der Waals surface area contributed by atoms with Crippen molar-refractivity contribution in [3.8, 4) is 40.6 Å². The van der Waals surface area contributed by atoms with Gasteiger partial charge >= 0.3 is 12.0 Å². The van der Waals surface area contributed by atoms with Crippen LogP contribution in [0.25, 0.3) is 27.8 Å². The second-order valence-electron chi connectivity index (χ2n) is 18.7. The summed E-state index contributed by atoms with van der Waals surface area (Å²) in [6.07, 6.45) is 3.58. The summed E-state index contributed by atoms with van der Waals surface area (Å²) in [5.41, 5.74) is 5.60. The molecule has 10 rings (SSSR count). The first kappa shape index (κ1) is 46.7. The standard InChI is InChI=1S/C52H56ClFN10O6/c1-3-35-26-40(45(66)27-44(35)65)48-57-58-52(69)64(48)38-12-10-33(11-13-38)28-59-18-15-37(16-19-59)50(68)63-20-14-34(29-63)31-70-51-55-42-30-62(43-9-5-7-36-6-4-8-41(53)46(36)43)21-17-39(42)47(56-51)60-22-24-61(25-23-60)49(67)32(2)54/h4-13,26-27,34,37,65-66H,2-3,14-25,28-31H2,1H3,(H,58,69)/t34-/m1/s1. The lowest BCUT2D eigenvalue weighted by atomic mass is 9.95. The first-order chi connectivity index (χ1) is 33.9. The average Bonchev–Trinajstić information content (AvgIpc) is 4.02. The van der Waals surface area contributed by atoms with Crippen molar-refractivity contribution in [3.63, 3.8) is 0 Å². The Bertz CT molecular complexity index is 2950. The largest absolute Gasteiger partial charge is 0.508 e. The molecular formula is C52H56ClFN10O6. The zero-order valence-corrected chi connectivity index (χ0v) is 39.9. The first-order valence-electron chi connectivity index (χ1n) is 24.1. The predicted molar refractivity (Wildman–Crippen MR) is 264 cm³/mol. The second-order valence-corrected chi connectivity index (χ2v) is 19.1. The monoisotopic (exact) mass is 970 g/mol. The van der Waals surface area contributed by atoms with Crippen molar-refractivity contribution in [2.75, 3.05) is 75.3 Å². The third-order valence-corrected chi connectivity index (χ3v) is 14.7. The number of nitrogens with zero attached hydrogens (tertiary/aromatic N) is 10. The Kier molecular flexibility index (Phi) is 13.2. The quantitative estimate of drug-likeness (QED) is 0.107. The number of aromatic hydroxyl groups is 3. The Hall–Kier alpha value is -6.98. The van der Waals surface area contributed by atoms with Crippen LogP contribution in [-0.2, 0) is 35.5 Å². The van der Waals surface area contributed by atoms with Gasteiger partial charge < -0.3 is 39.7 Å². The maximum atomic E-state index is 13.9. The Morgan fingerprint density at radius 1 is 0.843 bits per heavy atom. The smallest absolute Gasteiger partial charge is 0.319 e. The molecule has 364 valence electrons. The van der Waals surface area contributed by atoms with Gasteiger partial charge in [-0.3, -0.25) is 14.5 Å². The van der Waals surface area contributed by atoms with Gasteiger partial charge in [-0.05, 0) is 92.0 Å². The number of halogens is 2. The summed E-state index contributed by atoms with van der Waals surface area (Å²) in [7, 11) is 0. The van der Waals surface area contributed by atoms with Gasteiger partial charge in [0.05, 0.1) is 35.1 Å². The Morgan fingerprint density at radius 3 is 2.34 bits per heavy atom. The van der Waals surface area contributed by atoms with Crippen molar-refractivity contribution in [2.24, 2.45) is 11.8 Å². The van der Waals surface area contributed by atoms with E-state index in [-0.39, 0.29) is 47.1 Å². The number of benzene rings is 4. The number of aryl methyl sites for hydroxylation is 1. The maximum absolute atomic E-state index is 13.9. The van der Waals surface area contributed by atoms with Gasteiger partial charge in [0.2, 0.25) is 5.91 Å². The fourth-order valence-corrected chi connectivity index (χ4v) is 10.8. The van der Waals surface area contributed by atoms with Gasteiger partial charge in [-0.2, -0.15) is 9.97 Å². The van der Waals surface area contributed by atoms with Crippen molar-refractivity contribution in [1.82, 2.24) is 39.4 Å². The minimum Gasteiger partial charge on any atom is -0.508 e. The Balaban J connectivity index is 0.757. The molecule has 3 saturated heterocycles. The van der Waals surface area contributed by atoms with Crippen LogP contribution in [0.15, 0.2) is 85.2 Å². The summed E-state index contributed by atoms with van der Waals surface area (Å²) in [6.45, 7) is 11.9. The molecule has 16 nitrogen and oxygen atoms in total. The third kappa shape index (κ3) is 9.39. The molecule has 3 N–H and O–H groups in total. The number of aromatic nitrogens is 5. The molecule has 4 aliphatic heterocycles. The predicted octanol–water partition coefficient (Wildman–Crippen LogP) is 7.04. The number of piperidine rings is 1. The van der Waals surface area contributed by atoms with Crippen LogP contribution in [0.2, 0.25) is 5.02 Å². The van der Waals surface area contributed by atoms with E-state index in [1.54, 1.807) is 6.07 Å². The van der Waals surface area contributed by atoms with Crippen LogP contribution in [0, 0.1) is 11.8 Å². The van der Waals surface area contributed by atoms with E-state index >= 15 is 0 Å². The van der Waals surface area contributed by atoms with Crippen molar-refractivity contribution in [3.05, 3.63) is 113 Å². The number of carbonyl (C=O) groups is 2. The molecule has 0 radical (unpaired) electrons. The molecule has 4 aromatic carbocycles. The number of hydrogen-bond acceptors (Lipinski definition) is 13. The molecule has 0 spiro atoms. The minimum atomic E-state index is -0.961. The molecule has 70 heavy (non-hydrogen) atoms. The highest BCUT2D eigenvalue weighted by Crippen LogP contribution is 2.39. The van der Waals surface area contributed by atoms with Gasteiger partial charge in [-0.1, -0.05) is 66.6 Å². The number of phenolic OH excluding ortho intramolecular Hbond substituents is 2. The molecule has 6 aromatic rings. The number of carbonyl (C=O) groups excluding carboxylic acids is 2. The van der Waals surface area contributed by atoms with E-state index in [2.05, 4.69) is 49.7 Å². The highest BCUT2D eigenvalue weighted by atomic mass is 35.5. The van der Waals surface area contributed by atoms with Gasteiger partial charge in [0.25, 0.3) is 5.91 Å². The Labute approximate surface area is 410 Å². The number of likely N-dealkylation sites (tertiary alicyclic amines) is 2. The molecule has 0 bridgehead atoms. The van der Waals surface area contributed by atoms with E-state index in [0.29, 0.717) is 93.6 Å². The number of piperazine rings is 1. The molecule has 0 unspecified atom stereocenters. The average molecular weight is 972 g/mol. The van der Waals surface area contributed by atoms with E-state index in [1.165, 1.54) is 15.5 Å². The number of anilines is 2. The summed E-state index contributed by atoms with van der Waals surface area (Å²) in [5, 5.41) is 42.2. The highest BCUT2D eigenvalue weighted by Gasteiger charge is 2.35. The van der Waals surface area contributed by atoms with Crippen LogP contribution in [0.4, 0.5) is 15.9 Å². The molecule has 1 atom stereocenters. The fourth-order valence-electron chi connectivity index (χ4n) is 10.5. The molecule has 6 heterocycles. The lowest BCUT2D eigenvalue weighted by Gasteiger charge is -2.38. The van der Waals surface area contributed by atoms with Gasteiger partial charge in [-0.25, -0.2) is 8.96 Å². The van der Waals surface area contributed by atoms with E-state index in [1.807, 2.05) is 54.3 Å². The van der Waals surface area contributed by atoms with Crippen molar-refractivity contribution in [2.45, 2.75) is 52.1 Å². The molecular weight excluding hydrogens is 915 g/mol. The molecule has 2 aromatic heterocycles. The van der Waals surface area contributed by atoms with Crippen molar-refractivity contribution in [1.29, 1.82) is 0 Å². The van der Waals surface area contributed by atoms with Gasteiger partial charge in [-0.15, -0.1) is 5.10 Å². The summed E-state index contributed by atoms with van der Waals surface area (Å²) >= 11 is 6.76. The van der Waals surface area contributed by atoms with Crippen LogP contribution in [0.5, 0.6) is 23.5 Å². The van der Waals surface area contributed by atoms with E-state index in [0.717, 1.165) is 78.0 Å². The van der Waals surface area contributed by atoms with Crippen LogP contribution < -0.4 is 14.5 Å².